The number of methoxy groups -OCH3 is 1. The van der Waals surface area contributed by atoms with Crippen molar-refractivity contribution in [3.05, 3.63) is 95.7 Å². The third-order valence-corrected chi connectivity index (χ3v) is 4.97. The quantitative estimate of drug-likeness (QED) is 0.145. The van der Waals surface area contributed by atoms with Crippen LogP contribution >= 0.6 is 0 Å². The van der Waals surface area contributed by atoms with Crippen LogP contribution in [0.25, 0.3) is 10.9 Å². The van der Waals surface area contributed by atoms with E-state index < -0.39 is 0 Å². The number of pyridine rings is 1. The summed E-state index contributed by atoms with van der Waals surface area (Å²) in [6.45, 7) is 9.06. The number of nitrogens with one attached hydrogen (secondary N) is 1. The van der Waals surface area contributed by atoms with Crippen LogP contribution in [0.4, 0.5) is 0 Å². The zero-order chi connectivity index (χ0) is 27.6. The van der Waals surface area contributed by atoms with Gasteiger partial charge in [0.1, 0.15) is 12.4 Å². The third kappa shape index (κ3) is 9.89. The molecule has 4 aromatic rings. The molecule has 1 aromatic heterocycles. The van der Waals surface area contributed by atoms with E-state index in [0.717, 1.165) is 28.1 Å². The summed E-state index contributed by atoms with van der Waals surface area (Å²) in [6, 6.07) is 25.6. The summed E-state index contributed by atoms with van der Waals surface area (Å²) in [7, 11) is 3.16. The minimum Gasteiger partial charge on any atom is -0.494 e. The molecule has 0 radical (unpaired) electrons. The lowest BCUT2D eigenvalue weighted by Gasteiger charge is -2.11. The zero-order valence-corrected chi connectivity index (χ0v) is 23.0. The fraction of sp³-hybridized carbons (Fsp3) is 0.267. The molecular weight excluding hydrogens is 478 g/mol. The summed E-state index contributed by atoms with van der Waals surface area (Å²) in [4.78, 5) is 4.38. The number of nitrogens with zero attached hydrogens (tertiary/aromatic N) is 4. The van der Waals surface area contributed by atoms with Gasteiger partial charge < -0.3 is 14.2 Å². The van der Waals surface area contributed by atoms with E-state index in [9.17, 15) is 0 Å². The number of hydrogen-bond acceptors (Lipinski definition) is 7. The molecule has 0 aliphatic rings. The van der Waals surface area contributed by atoms with Crippen molar-refractivity contribution in [2.24, 2.45) is 15.4 Å². The fourth-order valence-electron chi connectivity index (χ4n) is 3.24. The van der Waals surface area contributed by atoms with Gasteiger partial charge in [0.25, 0.3) is 0 Å². The Balaban J connectivity index is 0.000000321. The Kier molecular flexibility index (Phi) is 13.4. The molecular formula is C30H37N5O3. The van der Waals surface area contributed by atoms with Crippen LogP contribution in [0, 0.1) is 6.92 Å². The number of benzene rings is 3. The van der Waals surface area contributed by atoms with Crippen molar-refractivity contribution < 1.29 is 14.2 Å². The first-order valence-electron chi connectivity index (χ1n) is 12.5. The summed E-state index contributed by atoms with van der Waals surface area (Å²) >= 11 is 0. The van der Waals surface area contributed by atoms with E-state index in [1.807, 2.05) is 94.4 Å². The first-order valence-corrected chi connectivity index (χ1v) is 12.5. The highest BCUT2D eigenvalue weighted by atomic mass is 16.5. The van der Waals surface area contributed by atoms with Crippen LogP contribution in [0.2, 0.25) is 0 Å². The highest BCUT2D eigenvalue weighted by Gasteiger charge is 2.06. The third-order valence-electron chi connectivity index (χ3n) is 4.97. The average molecular weight is 516 g/mol. The van der Waals surface area contributed by atoms with Gasteiger partial charge in [-0.1, -0.05) is 55.5 Å². The zero-order valence-electron chi connectivity index (χ0n) is 23.0. The minimum atomic E-state index is 0.439. The van der Waals surface area contributed by atoms with Crippen LogP contribution in [0.1, 0.15) is 37.6 Å². The number of fused-ring (bicyclic) bond motifs is 1. The van der Waals surface area contributed by atoms with Crippen molar-refractivity contribution in [1.82, 2.24) is 10.5 Å². The lowest BCUT2D eigenvalue weighted by atomic mass is 10.2. The number of aryl methyl sites for hydroxylation is 1. The first kappa shape index (κ1) is 29.8. The molecule has 1 N–H and O–H groups in total. The lowest BCUT2D eigenvalue weighted by Crippen LogP contribution is -1.99. The molecule has 0 saturated carbocycles. The first-order chi connectivity index (χ1) is 18.6. The molecule has 1 heterocycles. The number of ether oxygens (including phenoxy) is 3. The molecule has 200 valence electrons. The maximum Gasteiger partial charge on any atom is 0.161 e. The molecule has 0 bridgehead atoms. The molecule has 0 unspecified atom stereocenters. The van der Waals surface area contributed by atoms with Gasteiger partial charge in [0.05, 0.1) is 32.5 Å². The molecule has 0 fully saturated rings. The van der Waals surface area contributed by atoms with Crippen LogP contribution in [0.15, 0.2) is 94.3 Å². The largest absolute Gasteiger partial charge is 0.494 e. The van der Waals surface area contributed by atoms with Crippen molar-refractivity contribution >= 4 is 17.1 Å². The SMILES string of the molecule is CC.CCOc1ccc(COc2ccc(/C=N/NN=NC)cc2OC)cc1.Cc1ccc2ccccc2n1. The van der Waals surface area contributed by atoms with Gasteiger partial charge in [-0.15, -0.1) is 0 Å². The molecule has 0 amide bonds. The molecule has 0 aliphatic heterocycles. The van der Waals surface area contributed by atoms with Gasteiger partial charge in [0, 0.05) is 11.1 Å². The molecule has 4 rings (SSSR count). The molecule has 38 heavy (non-hydrogen) atoms. The van der Waals surface area contributed by atoms with E-state index >= 15 is 0 Å². The van der Waals surface area contributed by atoms with Crippen LogP contribution in [0.5, 0.6) is 17.2 Å². The van der Waals surface area contributed by atoms with Crippen LogP contribution < -0.4 is 19.7 Å². The van der Waals surface area contributed by atoms with E-state index in [4.69, 9.17) is 14.2 Å². The van der Waals surface area contributed by atoms with Gasteiger partial charge in [-0.3, -0.25) is 4.98 Å². The monoisotopic (exact) mass is 515 g/mol. The van der Waals surface area contributed by atoms with E-state index in [1.165, 1.54) is 5.39 Å². The Labute approximate surface area is 225 Å². The topological polar surface area (TPSA) is 89.7 Å². The Hall–Kier alpha value is -4.46. The van der Waals surface area contributed by atoms with E-state index in [1.54, 1.807) is 20.4 Å². The van der Waals surface area contributed by atoms with E-state index in [-0.39, 0.29) is 0 Å². The molecule has 0 saturated heterocycles. The van der Waals surface area contributed by atoms with Crippen LogP contribution in [-0.2, 0) is 6.61 Å². The average Bonchev–Trinajstić information content (AvgIpc) is 2.96. The predicted molar refractivity (Wildman–Crippen MR) is 154 cm³/mol. The van der Waals surface area contributed by atoms with Gasteiger partial charge in [0.15, 0.2) is 11.5 Å². The second-order valence-electron chi connectivity index (χ2n) is 7.58. The Morgan fingerprint density at radius 1 is 0.895 bits per heavy atom. The van der Waals surface area contributed by atoms with Crippen LogP contribution in [-0.4, -0.2) is 32.0 Å². The summed E-state index contributed by atoms with van der Waals surface area (Å²) in [5.41, 5.74) is 6.49. The number of hydrogen-bond donors (Lipinski definition) is 1. The molecule has 0 aliphatic carbocycles. The maximum absolute atomic E-state index is 5.85. The normalized spacial score (nSPS) is 10.4. The van der Waals surface area contributed by atoms with Crippen molar-refractivity contribution in [3.63, 3.8) is 0 Å². The lowest BCUT2D eigenvalue weighted by molar-refractivity contribution is 0.284. The van der Waals surface area contributed by atoms with E-state index in [2.05, 4.69) is 38.1 Å². The minimum absolute atomic E-state index is 0.439. The van der Waals surface area contributed by atoms with Gasteiger partial charge in [0.2, 0.25) is 0 Å². The van der Waals surface area contributed by atoms with Gasteiger partial charge in [-0.2, -0.15) is 15.8 Å². The fourth-order valence-corrected chi connectivity index (χ4v) is 3.24. The predicted octanol–water partition coefficient (Wildman–Crippen LogP) is 7.16. The number of rotatable bonds is 9. The second kappa shape index (κ2) is 17.1. The standard InChI is InChI=1S/C18H22N4O3.C10H9N.C2H6/c1-4-24-16-8-5-14(6-9-16)13-25-17-10-7-15(11-18(17)23-3)12-20-22-21-19-2;1-8-6-7-9-4-2-3-5-10(9)11-8;1-2/h5-12H,4,13H2,1-3H3,(H,19,22);2-7H,1H3;1-2H3/b20-12+;;. The molecule has 3 aromatic carbocycles. The Morgan fingerprint density at radius 2 is 1.66 bits per heavy atom. The highest BCUT2D eigenvalue weighted by Crippen LogP contribution is 2.28. The maximum atomic E-state index is 5.85. The molecule has 0 atom stereocenters. The summed E-state index contributed by atoms with van der Waals surface area (Å²) in [5.74, 6) is 2.14. The molecule has 0 spiro atoms. The van der Waals surface area contributed by atoms with Crippen molar-refractivity contribution in [3.8, 4) is 17.2 Å². The van der Waals surface area contributed by atoms with Gasteiger partial charge >= 0.3 is 0 Å². The number of para-hydroxylation sites is 1. The summed E-state index contributed by atoms with van der Waals surface area (Å²) in [5, 5.41) is 12.2. The molecule has 8 heteroatoms. The smallest absolute Gasteiger partial charge is 0.161 e. The van der Waals surface area contributed by atoms with Gasteiger partial charge in [-0.25, -0.2) is 0 Å². The van der Waals surface area contributed by atoms with E-state index in [0.29, 0.717) is 24.7 Å². The van der Waals surface area contributed by atoms with Crippen molar-refractivity contribution in [1.29, 1.82) is 0 Å². The highest BCUT2D eigenvalue weighted by molar-refractivity contribution is 5.80. The molecule has 8 nitrogen and oxygen atoms in total. The Morgan fingerprint density at radius 3 is 2.37 bits per heavy atom. The van der Waals surface area contributed by atoms with Crippen molar-refractivity contribution in [2.45, 2.75) is 34.3 Å². The summed E-state index contributed by atoms with van der Waals surface area (Å²) in [6.07, 6.45) is 1.62. The van der Waals surface area contributed by atoms with Crippen molar-refractivity contribution in [2.75, 3.05) is 20.8 Å². The second-order valence-corrected chi connectivity index (χ2v) is 7.58. The van der Waals surface area contributed by atoms with Gasteiger partial charge in [-0.05, 0) is 67.4 Å². The number of hydrazone groups is 1. The summed E-state index contributed by atoms with van der Waals surface area (Å²) < 4.78 is 16.7. The number of aromatic nitrogens is 1. The Bertz CT molecular complexity index is 1290. The van der Waals surface area contributed by atoms with Crippen LogP contribution in [0.3, 0.4) is 0 Å².